The molecule has 0 aliphatic carbocycles. The van der Waals surface area contributed by atoms with Gasteiger partial charge < -0.3 is 14.9 Å². The van der Waals surface area contributed by atoms with Crippen molar-refractivity contribution in [2.45, 2.75) is 38.8 Å². The smallest absolute Gasteiger partial charge is 0.277 e. The van der Waals surface area contributed by atoms with Gasteiger partial charge in [-0.3, -0.25) is 24.5 Å². The maximum absolute atomic E-state index is 13.7. The van der Waals surface area contributed by atoms with Crippen LogP contribution in [0.3, 0.4) is 0 Å². The summed E-state index contributed by atoms with van der Waals surface area (Å²) in [6.45, 7) is 1.93. The molecule has 11 heteroatoms. The molecule has 3 heterocycles. The molecule has 1 fully saturated rings. The van der Waals surface area contributed by atoms with E-state index < -0.39 is 11.0 Å². The first-order valence-electron chi connectivity index (χ1n) is 12.0. The van der Waals surface area contributed by atoms with Crippen molar-refractivity contribution in [3.05, 3.63) is 81.2 Å². The Kier molecular flexibility index (Phi) is 6.30. The third-order valence-electron chi connectivity index (χ3n) is 6.88. The molecule has 1 saturated heterocycles. The van der Waals surface area contributed by atoms with E-state index in [9.17, 15) is 29.6 Å². The van der Waals surface area contributed by atoms with Crippen LogP contribution in [0.2, 0.25) is 0 Å². The molecule has 1 atom stereocenters. The number of nitro groups is 1. The Morgan fingerprint density at radius 1 is 1.03 bits per heavy atom. The zero-order valence-electron chi connectivity index (χ0n) is 20.2. The second kappa shape index (κ2) is 9.58. The number of hydrogen-bond acceptors (Lipinski definition) is 7. The SMILES string of the molecule is CC(=O)c1nn(-c2ccc(CO)cc2)c2c1CCN(c1ccc(N3CCC([N+](=O)[O-])CC3=O)cc1)C2=O. The number of carbonyl (C=O) groups excluding carboxylic acids is 3. The zero-order valence-corrected chi connectivity index (χ0v) is 20.2. The Bertz CT molecular complexity index is 1400. The summed E-state index contributed by atoms with van der Waals surface area (Å²) in [4.78, 5) is 52.2. The number of fused-ring (bicyclic) bond motifs is 1. The molecule has 190 valence electrons. The molecule has 2 aromatic carbocycles. The van der Waals surface area contributed by atoms with Gasteiger partial charge in [-0.25, -0.2) is 4.68 Å². The summed E-state index contributed by atoms with van der Waals surface area (Å²) in [5.74, 6) is -0.825. The largest absolute Gasteiger partial charge is 0.392 e. The van der Waals surface area contributed by atoms with E-state index >= 15 is 0 Å². The normalized spacial score (nSPS) is 17.6. The Balaban J connectivity index is 1.43. The van der Waals surface area contributed by atoms with E-state index in [2.05, 4.69) is 5.10 Å². The molecule has 1 unspecified atom stereocenters. The Labute approximate surface area is 212 Å². The minimum absolute atomic E-state index is 0.113. The van der Waals surface area contributed by atoms with E-state index in [1.54, 1.807) is 53.4 Å². The number of amides is 2. The van der Waals surface area contributed by atoms with Gasteiger partial charge in [-0.1, -0.05) is 12.1 Å². The summed E-state index contributed by atoms with van der Waals surface area (Å²) < 4.78 is 1.48. The van der Waals surface area contributed by atoms with Crippen LogP contribution in [0.4, 0.5) is 11.4 Å². The number of aliphatic hydroxyl groups excluding tert-OH is 1. The molecule has 0 spiro atoms. The Morgan fingerprint density at radius 3 is 2.22 bits per heavy atom. The molecule has 37 heavy (non-hydrogen) atoms. The van der Waals surface area contributed by atoms with Gasteiger partial charge in [0.05, 0.1) is 18.7 Å². The number of rotatable bonds is 6. The first-order chi connectivity index (χ1) is 17.8. The lowest BCUT2D eigenvalue weighted by Gasteiger charge is -2.30. The van der Waals surface area contributed by atoms with Crippen LogP contribution in [-0.4, -0.2) is 56.5 Å². The highest BCUT2D eigenvalue weighted by Gasteiger charge is 2.35. The van der Waals surface area contributed by atoms with Crippen molar-refractivity contribution in [2.75, 3.05) is 22.9 Å². The van der Waals surface area contributed by atoms with Crippen molar-refractivity contribution in [1.82, 2.24) is 9.78 Å². The molecule has 11 nitrogen and oxygen atoms in total. The summed E-state index contributed by atoms with van der Waals surface area (Å²) in [6, 6.07) is 13.0. The van der Waals surface area contributed by atoms with Crippen molar-refractivity contribution in [3.8, 4) is 5.69 Å². The molecule has 1 aromatic heterocycles. The molecule has 3 aromatic rings. The molecule has 2 aliphatic heterocycles. The van der Waals surface area contributed by atoms with Crippen LogP contribution in [0.25, 0.3) is 5.69 Å². The van der Waals surface area contributed by atoms with Crippen LogP contribution in [0.1, 0.15) is 51.9 Å². The molecule has 2 amide bonds. The first-order valence-corrected chi connectivity index (χ1v) is 12.0. The number of piperidine rings is 1. The third kappa shape index (κ3) is 4.38. The van der Waals surface area contributed by atoms with Crippen molar-refractivity contribution >= 4 is 29.0 Å². The van der Waals surface area contributed by atoms with Gasteiger partial charge in [0.25, 0.3) is 5.91 Å². The van der Waals surface area contributed by atoms with Gasteiger partial charge >= 0.3 is 0 Å². The zero-order chi connectivity index (χ0) is 26.3. The predicted molar refractivity (Wildman–Crippen MR) is 134 cm³/mol. The fourth-order valence-corrected chi connectivity index (χ4v) is 4.90. The lowest BCUT2D eigenvalue weighted by Crippen LogP contribution is -2.43. The average Bonchev–Trinajstić information content (AvgIpc) is 3.30. The highest BCUT2D eigenvalue weighted by molar-refractivity contribution is 6.09. The fourth-order valence-electron chi connectivity index (χ4n) is 4.90. The van der Waals surface area contributed by atoms with Crippen LogP contribution < -0.4 is 9.80 Å². The summed E-state index contributed by atoms with van der Waals surface area (Å²) in [7, 11) is 0. The van der Waals surface area contributed by atoms with Crippen LogP contribution in [0.15, 0.2) is 48.5 Å². The van der Waals surface area contributed by atoms with E-state index in [1.165, 1.54) is 16.5 Å². The number of Topliss-reactive ketones (excluding diaryl/α,β-unsaturated/α-hetero) is 1. The van der Waals surface area contributed by atoms with E-state index in [4.69, 9.17) is 0 Å². The minimum atomic E-state index is -0.854. The van der Waals surface area contributed by atoms with Crippen LogP contribution in [-0.2, 0) is 17.8 Å². The number of hydrogen-bond donors (Lipinski definition) is 1. The maximum atomic E-state index is 13.7. The number of carbonyl (C=O) groups is 3. The summed E-state index contributed by atoms with van der Waals surface area (Å²) in [6.07, 6.45) is 0.596. The molecule has 2 aliphatic rings. The standard InChI is InChI=1S/C26H25N5O6/c1-16(33)24-22-11-13-29(26(35)25(22)30(27-24)20-4-2-17(15-32)3-5-20)19-8-6-18(7-9-19)28-12-10-21(31(36)37)14-23(28)34/h2-9,21,32H,10-15H2,1H3. The topological polar surface area (TPSA) is 139 Å². The van der Waals surface area contributed by atoms with Gasteiger partial charge in [0.2, 0.25) is 11.9 Å². The van der Waals surface area contributed by atoms with Gasteiger partial charge in [-0.05, 0) is 48.4 Å². The first kappa shape index (κ1) is 24.3. The van der Waals surface area contributed by atoms with E-state index in [0.717, 1.165) is 0 Å². The van der Waals surface area contributed by atoms with Crippen LogP contribution >= 0.6 is 0 Å². The molecular weight excluding hydrogens is 478 g/mol. The number of benzene rings is 2. The van der Waals surface area contributed by atoms with Gasteiger partial charge in [-0.2, -0.15) is 5.10 Å². The predicted octanol–water partition coefficient (Wildman–Crippen LogP) is 2.54. The fraction of sp³-hybridized carbons (Fsp3) is 0.308. The molecule has 5 rings (SSSR count). The monoisotopic (exact) mass is 503 g/mol. The summed E-state index contributed by atoms with van der Waals surface area (Å²) in [5, 5.41) is 24.8. The molecular formula is C26H25N5O6. The van der Waals surface area contributed by atoms with Crippen molar-refractivity contribution in [2.24, 2.45) is 0 Å². The lowest BCUT2D eigenvalue weighted by atomic mass is 10.0. The maximum Gasteiger partial charge on any atom is 0.277 e. The highest BCUT2D eigenvalue weighted by Crippen LogP contribution is 2.31. The van der Waals surface area contributed by atoms with Gasteiger partial charge in [0.1, 0.15) is 11.4 Å². The Morgan fingerprint density at radius 2 is 1.65 bits per heavy atom. The van der Waals surface area contributed by atoms with Crippen molar-refractivity contribution in [1.29, 1.82) is 0 Å². The molecule has 0 saturated carbocycles. The Hall–Kier alpha value is -4.38. The van der Waals surface area contributed by atoms with Crippen LogP contribution in [0.5, 0.6) is 0 Å². The quantitative estimate of drug-likeness (QED) is 0.310. The van der Waals surface area contributed by atoms with Crippen LogP contribution in [0, 0.1) is 10.1 Å². The van der Waals surface area contributed by atoms with Gasteiger partial charge in [0, 0.05) is 48.3 Å². The number of anilines is 2. The van der Waals surface area contributed by atoms with E-state index in [0.29, 0.717) is 46.8 Å². The summed E-state index contributed by atoms with van der Waals surface area (Å²) >= 11 is 0. The minimum Gasteiger partial charge on any atom is -0.392 e. The number of nitrogens with zero attached hydrogens (tertiary/aromatic N) is 5. The molecule has 0 radical (unpaired) electrons. The lowest BCUT2D eigenvalue weighted by molar-refractivity contribution is -0.522. The second-order valence-corrected chi connectivity index (χ2v) is 9.17. The van der Waals surface area contributed by atoms with Crippen molar-refractivity contribution in [3.63, 3.8) is 0 Å². The molecule has 0 bridgehead atoms. The van der Waals surface area contributed by atoms with Crippen molar-refractivity contribution < 1.29 is 24.4 Å². The van der Waals surface area contributed by atoms with E-state index in [1.807, 2.05) is 0 Å². The number of ketones is 1. The second-order valence-electron chi connectivity index (χ2n) is 9.17. The van der Waals surface area contributed by atoms with Gasteiger partial charge in [-0.15, -0.1) is 0 Å². The average molecular weight is 504 g/mol. The van der Waals surface area contributed by atoms with Gasteiger partial charge in [0.15, 0.2) is 5.78 Å². The number of aliphatic hydroxyl groups is 1. The molecule has 1 N–H and O–H groups in total. The van der Waals surface area contributed by atoms with E-state index in [-0.39, 0.29) is 49.3 Å². The number of aromatic nitrogens is 2. The summed E-state index contributed by atoms with van der Waals surface area (Å²) in [5.41, 5.74) is 3.74. The third-order valence-corrected chi connectivity index (χ3v) is 6.88. The highest BCUT2D eigenvalue weighted by atomic mass is 16.6.